The third-order valence-corrected chi connectivity index (χ3v) is 5.84. The van der Waals surface area contributed by atoms with Gasteiger partial charge in [-0.15, -0.1) is 0 Å². The molecule has 0 saturated carbocycles. The first-order valence-electron chi connectivity index (χ1n) is 10.7. The van der Waals surface area contributed by atoms with Crippen molar-refractivity contribution < 1.29 is 19.4 Å². The lowest BCUT2D eigenvalue weighted by atomic mass is 9.95. The monoisotopic (exact) mass is 500 g/mol. The molecule has 1 heterocycles. The molecule has 1 aliphatic heterocycles. The number of rotatable bonds is 9. The third-order valence-electron chi connectivity index (χ3n) is 5.31. The van der Waals surface area contributed by atoms with Crippen molar-refractivity contribution >= 4 is 33.4 Å². The van der Waals surface area contributed by atoms with E-state index in [1.807, 2.05) is 50.2 Å². The van der Waals surface area contributed by atoms with Crippen LogP contribution >= 0.6 is 15.9 Å². The van der Waals surface area contributed by atoms with Gasteiger partial charge in [-0.2, -0.15) is 0 Å². The second-order valence-electron chi connectivity index (χ2n) is 8.08. The Labute approximate surface area is 197 Å². The molecule has 3 rings (SSSR count). The number of carbonyl (C=O) groups excluding carboxylic acids is 2. The van der Waals surface area contributed by atoms with E-state index < -0.39 is 17.7 Å². The Bertz CT molecular complexity index is 1000. The number of nitrogens with zero attached hydrogens (tertiary/aromatic N) is 2. The normalized spacial score (nSPS) is 17.9. The van der Waals surface area contributed by atoms with E-state index in [1.165, 1.54) is 0 Å². The molecule has 2 aromatic carbocycles. The molecule has 0 radical (unpaired) electrons. The Hall–Kier alpha value is -2.64. The summed E-state index contributed by atoms with van der Waals surface area (Å²) in [6, 6.07) is 13.8. The van der Waals surface area contributed by atoms with Crippen molar-refractivity contribution in [1.82, 2.24) is 9.80 Å². The molecule has 2 aromatic rings. The van der Waals surface area contributed by atoms with E-state index in [0.717, 1.165) is 23.0 Å². The number of ketones is 1. The highest BCUT2D eigenvalue weighted by atomic mass is 79.9. The number of carbonyl (C=O) groups is 2. The average molecular weight is 501 g/mol. The minimum atomic E-state index is -0.675. The zero-order valence-electron chi connectivity index (χ0n) is 18.7. The lowest BCUT2D eigenvalue weighted by Crippen LogP contribution is -2.32. The fourth-order valence-electron chi connectivity index (χ4n) is 3.77. The molecule has 1 fully saturated rings. The Morgan fingerprint density at radius 1 is 1.16 bits per heavy atom. The number of halogens is 1. The standard InChI is InChI=1S/C25H29BrN2O4/c1-4-15-32-20-8-5-7-18(16-20)22-21(23(29)17-9-11-19(26)12-10-17)24(30)25(31)28(22)14-6-13-27(2)3/h5,7-12,16,22,29H,4,6,13-15H2,1-3H3/b23-21+/t22-/m0/s1. The van der Waals surface area contributed by atoms with Crippen LogP contribution in [0.3, 0.4) is 0 Å². The van der Waals surface area contributed by atoms with Crippen molar-refractivity contribution in [2.45, 2.75) is 25.8 Å². The highest BCUT2D eigenvalue weighted by Gasteiger charge is 2.45. The Balaban J connectivity index is 2.07. The maximum absolute atomic E-state index is 13.1. The van der Waals surface area contributed by atoms with Crippen LogP contribution in [0.4, 0.5) is 0 Å². The Morgan fingerprint density at radius 3 is 2.53 bits per heavy atom. The molecule has 0 aromatic heterocycles. The summed E-state index contributed by atoms with van der Waals surface area (Å²) in [6.45, 7) is 3.79. The van der Waals surface area contributed by atoms with E-state index in [-0.39, 0.29) is 11.3 Å². The predicted molar refractivity (Wildman–Crippen MR) is 129 cm³/mol. The van der Waals surface area contributed by atoms with Crippen LogP contribution in [0.5, 0.6) is 5.75 Å². The largest absolute Gasteiger partial charge is 0.507 e. The molecule has 1 atom stereocenters. The molecule has 1 amide bonds. The van der Waals surface area contributed by atoms with Gasteiger partial charge in [0.1, 0.15) is 11.5 Å². The molecule has 0 aliphatic carbocycles. The molecule has 1 saturated heterocycles. The number of hydrogen-bond acceptors (Lipinski definition) is 5. The number of ether oxygens (including phenoxy) is 1. The van der Waals surface area contributed by atoms with Crippen LogP contribution in [-0.4, -0.2) is 60.4 Å². The van der Waals surface area contributed by atoms with Gasteiger partial charge in [0.05, 0.1) is 18.2 Å². The fourth-order valence-corrected chi connectivity index (χ4v) is 4.04. The number of aliphatic hydroxyl groups excluding tert-OH is 1. The molecule has 0 bridgehead atoms. The van der Waals surface area contributed by atoms with E-state index in [0.29, 0.717) is 30.9 Å². The lowest BCUT2D eigenvalue weighted by Gasteiger charge is -2.26. The molecular formula is C25H29BrN2O4. The molecule has 1 N–H and O–H groups in total. The maximum Gasteiger partial charge on any atom is 0.295 e. The lowest BCUT2D eigenvalue weighted by molar-refractivity contribution is -0.139. The zero-order valence-corrected chi connectivity index (χ0v) is 20.3. The van der Waals surface area contributed by atoms with Crippen molar-refractivity contribution in [3.05, 3.63) is 69.7 Å². The van der Waals surface area contributed by atoms with E-state index in [4.69, 9.17) is 4.74 Å². The quantitative estimate of drug-likeness (QED) is 0.309. The Morgan fingerprint density at radius 2 is 1.88 bits per heavy atom. The van der Waals surface area contributed by atoms with E-state index >= 15 is 0 Å². The fraction of sp³-hybridized carbons (Fsp3) is 0.360. The molecule has 6 nitrogen and oxygen atoms in total. The molecule has 32 heavy (non-hydrogen) atoms. The summed E-state index contributed by atoms with van der Waals surface area (Å²) in [6.07, 6.45) is 1.58. The van der Waals surface area contributed by atoms with Crippen LogP contribution in [0.15, 0.2) is 58.6 Å². The average Bonchev–Trinajstić information content (AvgIpc) is 3.02. The van der Waals surface area contributed by atoms with Crippen LogP contribution < -0.4 is 4.74 Å². The van der Waals surface area contributed by atoms with E-state index in [1.54, 1.807) is 29.2 Å². The highest BCUT2D eigenvalue weighted by molar-refractivity contribution is 9.10. The summed E-state index contributed by atoms with van der Waals surface area (Å²) in [5.41, 5.74) is 1.33. The van der Waals surface area contributed by atoms with Gasteiger partial charge in [-0.1, -0.05) is 47.1 Å². The third kappa shape index (κ3) is 5.40. The van der Waals surface area contributed by atoms with Crippen LogP contribution in [0.2, 0.25) is 0 Å². The first-order chi connectivity index (χ1) is 15.3. The second kappa shape index (κ2) is 10.8. The van der Waals surface area contributed by atoms with Crippen molar-refractivity contribution in [2.24, 2.45) is 0 Å². The van der Waals surface area contributed by atoms with Gasteiger partial charge in [-0.05, 0) is 63.3 Å². The van der Waals surface area contributed by atoms with E-state index in [9.17, 15) is 14.7 Å². The van der Waals surface area contributed by atoms with Gasteiger partial charge in [-0.25, -0.2) is 0 Å². The molecule has 0 unspecified atom stereocenters. The minimum Gasteiger partial charge on any atom is -0.507 e. The van der Waals surface area contributed by atoms with Gasteiger partial charge < -0.3 is 19.6 Å². The van der Waals surface area contributed by atoms with Gasteiger partial charge in [0.25, 0.3) is 11.7 Å². The van der Waals surface area contributed by atoms with Gasteiger partial charge >= 0.3 is 0 Å². The molecule has 170 valence electrons. The van der Waals surface area contributed by atoms with Gasteiger partial charge in [0, 0.05) is 16.6 Å². The smallest absolute Gasteiger partial charge is 0.295 e. The topological polar surface area (TPSA) is 70.1 Å². The van der Waals surface area contributed by atoms with Crippen molar-refractivity contribution in [1.29, 1.82) is 0 Å². The first kappa shape index (κ1) is 24.0. The van der Waals surface area contributed by atoms with Crippen LogP contribution in [0, 0.1) is 0 Å². The molecule has 7 heteroatoms. The van der Waals surface area contributed by atoms with Crippen molar-refractivity contribution in [3.63, 3.8) is 0 Å². The number of amides is 1. The number of hydrogen-bond donors (Lipinski definition) is 1. The Kier molecular flexibility index (Phi) is 8.10. The summed E-state index contributed by atoms with van der Waals surface area (Å²) in [5, 5.41) is 11.1. The zero-order chi connectivity index (χ0) is 23.3. The number of Topliss-reactive ketones (excluding diaryl/α,β-unsaturated/α-hetero) is 1. The van der Waals surface area contributed by atoms with Crippen molar-refractivity contribution in [3.8, 4) is 5.75 Å². The number of benzene rings is 2. The van der Waals surface area contributed by atoms with Gasteiger partial charge in [-0.3, -0.25) is 9.59 Å². The predicted octanol–water partition coefficient (Wildman–Crippen LogP) is 4.61. The first-order valence-corrected chi connectivity index (χ1v) is 11.5. The highest BCUT2D eigenvalue weighted by Crippen LogP contribution is 2.40. The summed E-state index contributed by atoms with van der Waals surface area (Å²) >= 11 is 3.38. The number of aliphatic hydroxyl groups is 1. The second-order valence-corrected chi connectivity index (χ2v) is 8.99. The van der Waals surface area contributed by atoms with Gasteiger partial charge in [0.15, 0.2) is 0 Å². The van der Waals surface area contributed by atoms with Crippen LogP contribution in [0.1, 0.15) is 36.9 Å². The van der Waals surface area contributed by atoms with Crippen LogP contribution in [-0.2, 0) is 9.59 Å². The van der Waals surface area contributed by atoms with Gasteiger partial charge in [0.2, 0.25) is 0 Å². The summed E-state index contributed by atoms with van der Waals surface area (Å²) in [7, 11) is 3.93. The van der Waals surface area contributed by atoms with Crippen LogP contribution in [0.25, 0.3) is 5.76 Å². The summed E-state index contributed by atoms with van der Waals surface area (Å²) in [4.78, 5) is 29.7. The maximum atomic E-state index is 13.1. The molecule has 1 aliphatic rings. The van der Waals surface area contributed by atoms with E-state index in [2.05, 4.69) is 15.9 Å². The minimum absolute atomic E-state index is 0.106. The molecular weight excluding hydrogens is 472 g/mol. The van der Waals surface area contributed by atoms with Crippen molar-refractivity contribution in [2.75, 3.05) is 33.8 Å². The SMILES string of the molecule is CCCOc1cccc([C@H]2/C(=C(\O)c3ccc(Br)cc3)C(=O)C(=O)N2CCCN(C)C)c1. The summed E-state index contributed by atoms with van der Waals surface area (Å²) in [5.74, 6) is -0.754. The molecule has 0 spiro atoms. The summed E-state index contributed by atoms with van der Waals surface area (Å²) < 4.78 is 6.63. The number of likely N-dealkylation sites (tertiary alicyclic amines) is 1.